The van der Waals surface area contributed by atoms with E-state index in [4.69, 9.17) is 4.74 Å². The Morgan fingerprint density at radius 1 is 1.22 bits per heavy atom. The second-order valence-electron chi connectivity index (χ2n) is 6.53. The van der Waals surface area contributed by atoms with Gasteiger partial charge >= 0.3 is 0 Å². The minimum atomic E-state index is -0.416. The summed E-state index contributed by atoms with van der Waals surface area (Å²) in [6.45, 7) is 7.85. The molecular formula is C21H22N2O4. The third kappa shape index (κ3) is 3.79. The van der Waals surface area contributed by atoms with Crippen molar-refractivity contribution in [3.05, 3.63) is 65.2 Å². The molecule has 2 aromatic carbocycles. The summed E-state index contributed by atoms with van der Waals surface area (Å²) < 4.78 is 5.79. The molecule has 2 aromatic rings. The number of aryl methyl sites for hydroxylation is 2. The lowest BCUT2D eigenvalue weighted by Crippen LogP contribution is -2.33. The van der Waals surface area contributed by atoms with E-state index >= 15 is 0 Å². The van der Waals surface area contributed by atoms with Gasteiger partial charge in [-0.05, 0) is 49.2 Å². The maximum atomic E-state index is 12.8. The van der Waals surface area contributed by atoms with E-state index in [9.17, 15) is 14.7 Å². The third-order valence-corrected chi connectivity index (χ3v) is 4.61. The average molecular weight is 366 g/mol. The number of aromatic hydroxyl groups is 1. The number of amides is 2. The quantitative estimate of drug-likeness (QED) is 0.572. The molecule has 0 bridgehead atoms. The van der Waals surface area contributed by atoms with E-state index in [-0.39, 0.29) is 17.4 Å². The molecule has 2 amide bonds. The van der Waals surface area contributed by atoms with Gasteiger partial charge in [0.2, 0.25) is 5.91 Å². The predicted molar refractivity (Wildman–Crippen MR) is 103 cm³/mol. The first-order valence-corrected chi connectivity index (χ1v) is 8.71. The molecule has 6 nitrogen and oxygen atoms in total. The summed E-state index contributed by atoms with van der Waals surface area (Å²) in [6, 6.07) is 8.12. The summed E-state index contributed by atoms with van der Waals surface area (Å²) in [6.07, 6.45) is 1.77. The Balaban J connectivity index is 1.87. The highest BCUT2D eigenvalue weighted by Crippen LogP contribution is 2.37. The lowest BCUT2D eigenvalue weighted by Gasteiger charge is -2.29. The number of benzene rings is 2. The van der Waals surface area contributed by atoms with Gasteiger partial charge in [0.1, 0.15) is 11.5 Å². The minimum absolute atomic E-state index is 0.0928. The molecule has 1 atom stereocenters. The monoisotopic (exact) mass is 366 g/mol. The van der Waals surface area contributed by atoms with E-state index in [0.717, 1.165) is 28.5 Å². The van der Waals surface area contributed by atoms with Crippen molar-refractivity contribution in [2.45, 2.75) is 26.3 Å². The fraction of sp³-hybridized carbons (Fsp3) is 0.238. The lowest BCUT2D eigenvalue weighted by atomic mass is 9.93. The highest BCUT2D eigenvalue weighted by molar-refractivity contribution is 6.02. The minimum Gasteiger partial charge on any atom is -0.507 e. The van der Waals surface area contributed by atoms with Crippen molar-refractivity contribution >= 4 is 17.5 Å². The van der Waals surface area contributed by atoms with E-state index in [1.54, 1.807) is 0 Å². The first-order valence-electron chi connectivity index (χ1n) is 8.71. The number of rotatable bonds is 4. The largest absolute Gasteiger partial charge is 0.507 e. The molecule has 0 saturated carbocycles. The number of carbonyl (C=O) groups is 2. The molecule has 0 unspecified atom stereocenters. The predicted octanol–water partition coefficient (Wildman–Crippen LogP) is 3.39. The van der Waals surface area contributed by atoms with Crippen molar-refractivity contribution in [2.24, 2.45) is 0 Å². The van der Waals surface area contributed by atoms with Crippen LogP contribution in [0.25, 0.3) is 0 Å². The van der Waals surface area contributed by atoms with Crippen molar-refractivity contribution in [1.29, 1.82) is 0 Å². The first kappa shape index (κ1) is 18.5. The zero-order valence-electron chi connectivity index (χ0n) is 15.3. The molecule has 0 radical (unpaired) electrons. The number of nitrogens with one attached hydrogen (secondary N) is 2. The Morgan fingerprint density at radius 2 is 1.96 bits per heavy atom. The van der Waals surface area contributed by atoms with Gasteiger partial charge in [-0.25, -0.2) is 0 Å². The van der Waals surface area contributed by atoms with Gasteiger partial charge in [-0.3, -0.25) is 9.59 Å². The summed E-state index contributed by atoms with van der Waals surface area (Å²) >= 11 is 0. The SMILES string of the molecule is C=CC(=O)Nc1ccc(O)c(C(=O)N[C@H]2CCOc3c(C)ccc(C)c32)c1. The standard InChI is InChI=1S/C21H22N2O4/c1-4-18(25)22-14-7-8-17(24)15(11-14)21(26)23-16-9-10-27-20-13(3)6-5-12(2)19(16)20/h4-8,11,16,24H,1,9-10H2,2-3H3,(H,22,25)(H,23,26)/t16-/m0/s1. The second-order valence-corrected chi connectivity index (χ2v) is 6.53. The van der Waals surface area contributed by atoms with Crippen LogP contribution in [0.2, 0.25) is 0 Å². The van der Waals surface area contributed by atoms with Crippen LogP contribution in [0.5, 0.6) is 11.5 Å². The second kappa shape index (κ2) is 7.53. The Labute approximate surface area is 157 Å². The van der Waals surface area contributed by atoms with E-state index in [2.05, 4.69) is 17.2 Å². The van der Waals surface area contributed by atoms with Crippen molar-refractivity contribution in [1.82, 2.24) is 5.32 Å². The topological polar surface area (TPSA) is 87.7 Å². The van der Waals surface area contributed by atoms with E-state index < -0.39 is 11.8 Å². The molecule has 0 spiro atoms. The molecule has 0 saturated heterocycles. The average Bonchev–Trinajstić information content (AvgIpc) is 2.66. The van der Waals surface area contributed by atoms with Gasteiger partial charge in [0, 0.05) is 17.7 Å². The molecule has 27 heavy (non-hydrogen) atoms. The molecule has 3 N–H and O–H groups in total. The zero-order chi connectivity index (χ0) is 19.6. The molecule has 0 aromatic heterocycles. The van der Waals surface area contributed by atoms with Crippen molar-refractivity contribution < 1.29 is 19.4 Å². The van der Waals surface area contributed by atoms with Crippen LogP contribution in [-0.2, 0) is 4.79 Å². The van der Waals surface area contributed by atoms with Crippen molar-refractivity contribution in [3.8, 4) is 11.5 Å². The van der Waals surface area contributed by atoms with Gasteiger partial charge in [0.05, 0.1) is 18.2 Å². The van der Waals surface area contributed by atoms with Crippen molar-refractivity contribution in [3.63, 3.8) is 0 Å². The molecule has 3 rings (SSSR count). The zero-order valence-corrected chi connectivity index (χ0v) is 15.3. The number of hydrogen-bond acceptors (Lipinski definition) is 4. The van der Waals surface area contributed by atoms with Crippen LogP contribution in [0.4, 0.5) is 5.69 Å². The van der Waals surface area contributed by atoms with Crippen LogP contribution < -0.4 is 15.4 Å². The van der Waals surface area contributed by atoms with Crippen LogP contribution in [0.3, 0.4) is 0 Å². The van der Waals surface area contributed by atoms with Gasteiger partial charge in [-0.2, -0.15) is 0 Å². The summed E-state index contributed by atoms with van der Waals surface area (Å²) in [4.78, 5) is 24.3. The summed E-state index contributed by atoms with van der Waals surface area (Å²) in [5.41, 5.74) is 3.52. The van der Waals surface area contributed by atoms with Gasteiger partial charge < -0.3 is 20.5 Å². The molecule has 0 fully saturated rings. The van der Waals surface area contributed by atoms with Gasteiger partial charge in [-0.15, -0.1) is 0 Å². The number of anilines is 1. The summed E-state index contributed by atoms with van der Waals surface area (Å²) in [5.74, 6) is -0.155. The normalized spacial score (nSPS) is 15.3. The lowest BCUT2D eigenvalue weighted by molar-refractivity contribution is -0.111. The summed E-state index contributed by atoms with van der Waals surface area (Å²) in [7, 11) is 0. The highest BCUT2D eigenvalue weighted by atomic mass is 16.5. The van der Waals surface area contributed by atoms with Crippen LogP contribution in [0.15, 0.2) is 43.0 Å². The van der Waals surface area contributed by atoms with E-state index in [1.165, 1.54) is 18.2 Å². The van der Waals surface area contributed by atoms with Crippen LogP contribution >= 0.6 is 0 Å². The van der Waals surface area contributed by atoms with Crippen molar-refractivity contribution in [2.75, 3.05) is 11.9 Å². The van der Waals surface area contributed by atoms with Crippen LogP contribution in [-0.4, -0.2) is 23.5 Å². The number of carbonyl (C=O) groups excluding carboxylic acids is 2. The van der Waals surface area contributed by atoms with E-state index in [0.29, 0.717) is 18.7 Å². The van der Waals surface area contributed by atoms with Crippen LogP contribution in [0.1, 0.15) is 39.5 Å². The Kier molecular flexibility index (Phi) is 5.16. The van der Waals surface area contributed by atoms with Gasteiger partial charge in [0.25, 0.3) is 5.91 Å². The number of phenols is 1. The molecular weight excluding hydrogens is 344 g/mol. The molecule has 140 valence electrons. The Bertz CT molecular complexity index is 921. The van der Waals surface area contributed by atoms with Crippen LogP contribution in [0, 0.1) is 13.8 Å². The van der Waals surface area contributed by atoms with Gasteiger partial charge in [0.15, 0.2) is 0 Å². The maximum absolute atomic E-state index is 12.8. The highest BCUT2D eigenvalue weighted by Gasteiger charge is 2.27. The number of fused-ring (bicyclic) bond motifs is 1. The maximum Gasteiger partial charge on any atom is 0.255 e. The Morgan fingerprint density at radius 3 is 2.70 bits per heavy atom. The molecule has 1 aliphatic heterocycles. The smallest absolute Gasteiger partial charge is 0.255 e. The number of phenolic OH excluding ortho intramolecular Hbond substituents is 1. The number of ether oxygens (including phenoxy) is 1. The van der Waals surface area contributed by atoms with E-state index in [1.807, 2.05) is 26.0 Å². The number of hydrogen-bond donors (Lipinski definition) is 3. The third-order valence-electron chi connectivity index (χ3n) is 4.61. The first-order chi connectivity index (χ1) is 12.9. The fourth-order valence-electron chi connectivity index (χ4n) is 3.22. The van der Waals surface area contributed by atoms with Gasteiger partial charge in [-0.1, -0.05) is 18.7 Å². The fourth-order valence-corrected chi connectivity index (χ4v) is 3.22. The molecule has 1 aliphatic rings. The molecule has 1 heterocycles. The molecule has 0 aliphatic carbocycles. The Hall–Kier alpha value is -3.28. The summed E-state index contributed by atoms with van der Waals surface area (Å²) in [5, 5.41) is 15.7. The molecule has 6 heteroatoms.